The number of nitrogens with one attached hydrogen (secondary N) is 2. The summed E-state index contributed by atoms with van der Waals surface area (Å²) in [6.07, 6.45) is 9.09. The van der Waals surface area contributed by atoms with Gasteiger partial charge in [-0.3, -0.25) is 4.90 Å². The van der Waals surface area contributed by atoms with E-state index in [1.165, 1.54) is 69.2 Å². The first-order valence-corrected chi connectivity index (χ1v) is 11.9. The van der Waals surface area contributed by atoms with Crippen molar-refractivity contribution in [2.24, 2.45) is 12.0 Å². The van der Waals surface area contributed by atoms with Crippen molar-refractivity contribution in [2.45, 2.75) is 77.5 Å². The largest absolute Gasteiger partial charge is 0.354 e. The Morgan fingerprint density at radius 1 is 1.00 bits per heavy atom. The van der Waals surface area contributed by atoms with Gasteiger partial charge in [0.1, 0.15) is 5.82 Å². The van der Waals surface area contributed by atoms with Crippen LogP contribution in [0.5, 0.6) is 0 Å². The first kappa shape index (κ1) is 25.0. The second-order valence-corrected chi connectivity index (χ2v) is 9.02. The molecule has 2 N–H and O–H groups in total. The molecule has 0 atom stereocenters. The molecular weight excluding hydrogens is 513 g/mol. The average Bonchev–Trinajstić information content (AvgIpc) is 3.42. The van der Waals surface area contributed by atoms with Crippen molar-refractivity contribution in [3.05, 3.63) is 47.0 Å². The minimum Gasteiger partial charge on any atom is -0.354 e. The van der Waals surface area contributed by atoms with Crippen molar-refractivity contribution in [1.29, 1.82) is 0 Å². The summed E-state index contributed by atoms with van der Waals surface area (Å²) in [4.78, 5) is 7.45. The maximum Gasteiger partial charge on any atom is 0.192 e. The summed E-state index contributed by atoms with van der Waals surface area (Å²) in [5.74, 6) is 2.70. The van der Waals surface area contributed by atoms with E-state index in [1.54, 1.807) is 0 Å². The molecular formula is C24H38IN7. The number of aliphatic imine (C=N–C) groups is 1. The van der Waals surface area contributed by atoms with Crippen molar-refractivity contribution >= 4 is 29.9 Å². The third-order valence-corrected chi connectivity index (χ3v) is 6.59. The maximum absolute atomic E-state index is 4.88. The lowest BCUT2D eigenvalue weighted by Crippen LogP contribution is -2.42. The number of rotatable bonds is 7. The molecule has 0 amide bonds. The van der Waals surface area contributed by atoms with E-state index >= 15 is 0 Å². The van der Waals surface area contributed by atoms with Gasteiger partial charge in [-0.1, -0.05) is 43.5 Å². The number of aryl methyl sites for hydroxylation is 1. The van der Waals surface area contributed by atoms with Crippen molar-refractivity contribution in [3.8, 4) is 0 Å². The molecule has 1 aromatic heterocycles. The Kier molecular flexibility index (Phi) is 9.77. The number of hydrogen-bond donors (Lipinski definition) is 2. The van der Waals surface area contributed by atoms with Crippen LogP contribution < -0.4 is 10.6 Å². The number of benzene rings is 1. The normalized spacial score (nSPS) is 17.9. The highest BCUT2D eigenvalue weighted by Gasteiger charge is 2.17. The highest BCUT2D eigenvalue weighted by atomic mass is 127. The summed E-state index contributed by atoms with van der Waals surface area (Å²) in [6, 6.07) is 9.49. The number of likely N-dealkylation sites (tertiary alicyclic amines) is 1. The lowest BCUT2D eigenvalue weighted by molar-refractivity contribution is 0.221. The first-order chi connectivity index (χ1) is 15.2. The van der Waals surface area contributed by atoms with Crippen LogP contribution in [0.15, 0.2) is 29.3 Å². The van der Waals surface area contributed by atoms with Gasteiger partial charge in [0.2, 0.25) is 0 Å². The molecule has 0 bridgehead atoms. The van der Waals surface area contributed by atoms with Crippen LogP contribution in [0.2, 0.25) is 0 Å². The Morgan fingerprint density at radius 3 is 2.34 bits per heavy atom. The molecule has 2 fully saturated rings. The van der Waals surface area contributed by atoms with Crippen LogP contribution >= 0.6 is 24.0 Å². The van der Waals surface area contributed by atoms with Crippen LogP contribution in [0.3, 0.4) is 0 Å². The van der Waals surface area contributed by atoms with E-state index in [9.17, 15) is 0 Å². The molecule has 176 valence electrons. The molecule has 2 heterocycles. The molecule has 7 nitrogen and oxygen atoms in total. The third-order valence-electron chi connectivity index (χ3n) is 6.59. The predicted octanol–water partition coefficient (Wildman–Crippen LogP) is 3.91. The summed E-state index contributed by atoms with van der Waals surface area (Å²) >= 11 is 0. The SMILES string of the molecule is Cc1nnc(CNC(=NCc2ccc(CN3CCCCC3)cc2)NC2CCCC2)n1C.I. The van der Waals surface area contributed by atoms with Gasteiger partial charge in [-0.2, -0.15) is 0 Å². The molecule has 1 aliphatic heterocycles. The van der Waals surface area contributed by atoms with Crippen LogP contribution in [0.1, 0.15) is 67.7 Å². The highest BCUT2D eigenvalue weighted by Crippen LogP contribution is 2.18. The van der Waals surface area contributed by atoms with E-state index < -0.39 is 0 Å². The minimum atomic E-state index is 0. The van der Waals surface area contributed by atoms with Crippen LogP contribution in [-0.2, 0) is 26.7 Å². The van der Waals surface area contributed by atoms with Gasteiger partial charge < -0.3 is 15.2 Å². The van der Waals surface area contributed by atoms with E-state index in [1.807, 2.05) is 18.5 Å². The molecule has 2 aromatic rings. The quantitative estimate of drug-likeness (QED) is 0.311. The molecule has 1 saturated carbocycles. The van der Waals surface area contributed by atoms with Gasteiger partial charge in [-0.25, -0.2) is 4.99 Å². The van der Waals surface area contributed by atoms with Gasteiger partial charge in [0.05, 0.1) is 13.1 Å². The van der Waals surface area contributed by atoms with E-state index in [0.29, 0.717) is 19.1 Å². The summed E-state index contributed by atoms with van der Waals surface area (Å²) in [5.41, 5.74) is 2.64. The standard InChI is InChI=1S/C24H37N7.HI/c1-19-28-29-23(30(19)2)17-26-24(27-22-8-4-5-9-22)25-16-20-10-12-21(13-11-20)18-31-14-6-3-7-15-31;/h10-13,22H,3-9,14-18H2,1-2H3,(H2,25,26,27);1H. The van der Waals surface area contributed by atoms with Gasteiger partial charge >= 0.3 is 0 Å². The lowest BCUT2D eigenvalue weighted by atomic mass is 10.1. The van der Waals surface area contributed by atoms with Crippen LogP contribution in [-0.4, -0.2) is 44.8 Å². The predicted molar refractivity (Wildman–Crippen MR) is 140 cm³/mol. The Labute approximate surface area is 209 Å². The fraction of sp³-hybridized carbons (Fsp3) is 0.625. The fourth-order valence-corrected chi connectivity index (χ4v) is 4.48. The molecule has 1 aromatic carbocycles. The molecule has 0 spiro atoms. The van der Waals surface area contributed by atoms with E-state index in [-0.39, 0.29) is 24.0 Å². The number of hydrogen-bond acceptors (Lipinski definition) is 4. The number of aromatic nitrogens is 3. The van der Waals surface area contributed by atoms with E-state index in [0.717, 1.165) is 24.2 Å². The Balaban J connectivity index is 0.00000289. The molecule has 2 aliphatic rings. The third kappa shape index (κ3) is 7.16. The number of nitrogens with zero attached hydrogens (tertiary/aromatic N) is 5. The molecule has 32 heavy (non-hydrogen) atoms. The minimum absolute atomic E-state index is 0. The van der Waals surface area contributed by atoms with Crippen LogP contribution in [0.4, 0.5) is 0 Å². The summed E-state index contributed by atoms with van der Waals surface area (Å²) in [7, 11) is 2.00. The molecule has 4 rings (SSSR count). The molecule has 1 saturated heterocycles. The average molecular weight is 552 g/mol. The second-order valence-electron chi connectivity index (χ2n) is 9.02. The number of guanidine groups is 1. The van der Waals surface area contributed by atoms with Crippen LogP contribution in [0.25, 0.3) is 0 Å². The monoisotopic (exact) mass is 551 g/mol. The van der Waals surface area contributed by atoms with Gasteiger partial charge in [0.25, 0.3) is 0 Å². The number of piperidine rings is 1. The van der Waals surface area contributed by atoms with Gasteiger partial charge in [0.15, 0.2) is 11.8 Å². The zero-order valence-corrected chi connectivity index (χ0v) is 21.8. The zero-order chi connectivity index (χ0) is 21.5. The Bertz CT molecular complexity index is 850. The van der Waals surface area contributed by atoms with E-state index in [4.69, 9.17) is 4.99 Å². The number of halogens is 1. The summed E-state index contributed by atoms with van der Waals surface area (Å²) in [6.45, 7) is 6.79. The Hall–Kier alpha value is -1.68. The molecule has 8 heteroatoms. The lowest BCUT2D eigenvalue weighted by Gasteiger charge is -2.26. The van der Waals surface area contributed by atoms with Gasteiger partial charge in [-0.05, 0) is 56.8 Å². The summed E-state index contributed by atoms with van der Waals surface area (Å²) < 4.78 is 2.02. The first-order valence-electron chi connectivity index (χ1n) is 11.9. The smallest absolute Gasteiger partial charge is 0.192 e. The van der Waals surface area contributed by atoms with Crippen molar-refractivity contribution in [3.63, 3.8) is 0 Å². The Morgan fingerprint density at radius 2 is 1.69 bits per heavy atom. The van der Waals surface area contributed by atoms with Gasteiger partial charge in [0, 0.05) is 19.6 Å². The molecule has 0 unspecified atom stereocenters. The molecule has 1 aliphatic carbocycles. The van der Waals surface area contributed by atoms with E-state index in [2.05, 4.69) is 50.0 Å². The summed E-state index contributed by atoms with van der Waals surface area (Å²) in [5, 5.41) is 15.5. The van der Waals surface area contributed by atoms with Crippen LogP contribution in [0, 0.1) is 6.92 Å². The molecule has 0 radical (unpaired) electrons. The van der Waals surface area contributed by atoms with Crippen molar-refractivity contribution < 1.29 is 0 Å². The maximum atomic E-state index is 4.88. The topological polar surface area (TPSA) is 70.4 Å². The van der Waals surface area contributed by atoms with Gasteiger partial charge in [-0.15, -0.1) is 34.2 Å². The fourth-order valence-electron chi connectivity index (χ4n) is 4.48. The zero-order valence-electron chi connectivity index (χ0n) is 19.5. The highest BCUT2D eigenvalue weighted by molar-refractivity contribution is 14.0. The van der Waals surface area contributed by atoms with Crippen molar-refractivity contribution in [1.82, 2.24) is 30.3 Å². The second kappa shape index (κ2) is 12.5. The van der Waals surface area contributed by atoms with Crippen molar-refractivity contribution in [2.75, 3.05) is 13.1 Å².